The van der Waals surface area contributed by atoms with Crippen LogP contribution in [0.25, 0.3) is 0 Å². The summed E-state index contributed by atoms with van der Waals surface area (Å²) in [5.41, 5.74) is 14.3. The maximum Gasteiger partial charge on any atom is 0.254 e. The highest BCUT2D eigenvalue weighted by Gasteiger charge is 2.17. The van der Waals surface area contributed by atoms with Crippen LogP contribution in [0.4, 0.5) is 11.4 Å². The maximum absolute atomic E-state index is 12.2. The number of amides is 1. The minimum Gasteiger partial charge on any atom is -0.399 e. The first kappa shape index (κ1) is 11.5. The van der Waals surface area contributed by atoms with E-state index in [9.17, 15) is 4.79 Å². The Morgan fingerprint density at radius 3 is 2.41 bits per heavy atom. The van der Waals surface area contributed by atoms with Gasteiger partial charge >= 0.3 is 0 Å². The van der Waals surface area contributed by atoms with Crippen molar-refractivity contribution in [1.82, 2.24) is 4.90 Å². The van der Waals surface area contributed by atoms with Crippen molar-refractivity contribution < 1.29 is 4.79 Å². The molecule has 1 heterocycles. The van der Waals surface area contributed by atoms with Crippen molar-refractivity contribution >= 4 is 17.3 Å². The molecule has 1 aromatic rings. The number of rotatable bonds is 1. The Bertz CT molecular complexity index is 459. The third-order valence-electron chi connectivity index (χ3n) is 2.95. The van der Waals surface area contributed by atoms with E-state index in [1.165, 1.54) is 5.57 Å². The number of hydrogen-bond donors (Lipinski definition) is 2. The van der Waals surface area contributed by atoms with Gasteiger partial charge in [0, 0.05) is 30.0 Å². The first-order valence-corrected chi connectivity index (χ1v) is 5.67. The summed E-state index contributed by atoms with van der Waals surface area (Å²) in [5, 5.41) is 0. The van der Waals surface area contributed by atoms with E-state index in [0.29, 0.717) is 23.5 Å². The zero-order chi connectivity index (χ0) is 12.4. The van der Waals surface area contributed by atoms with E-state index in [1.807, 2.05) is 0 Å². The summed E-state index contributed by atoms with van der Waals surface area (Å²) >= 11 is 0. The summed E-state index contributed by atoms with van der Waals surface area (Å²) in [6, 6.07) is 4.99. The quantitative estimate of drug-likeness (QED) is 0.570. The van der Waals surface area contributed by atoms with E-state index >= 15 is 0 Å². The lowest BCUT2D eigenvalue weighted by Gasteiger charge is -2.25. The minimum absolute atomic E-state index is 0.00671. The number of hydrogen-bond acceptors (Lipinski definition) is 3. The highest BCUT2D eigenvalue weighted by atomic mass is 16.2. The standard InChI is InChI=1S/C13H17N3O/c1-9-2-4-16(5-3-9)13(17)10-6-11(14)8-12(15)7-10/h2,6-8H,3-5,14-15H2,1H3. The van der Waals surface area contributed by atoms with Crippen LogP contribution in [0, 0.1) is 0 Å². The molecule has 0 atom stereocenters. The minimum atomic E-state index is -0.00671. The van der Waals surface area contributed by atoms with E-state index in [2.05, 4.69) is 13.0 Å². The molecule has 0 aromatic heterocycles. The highest BCUT2D eigenvalue weighted by molar-refractivity contribution is 5.96. The number of carbonyl (C=O) groups excluding carboxylic acids is 1. The number of benzene rings is 1. The van der Waals surface area contributed by atoms with Crippen LogP contribution in [0.2, 0.25) is 0 Å². The van der Waals surface area contributed by atoms with Gasteiger partial charge in [-0.3, -0.25) is 4.79 Å². The highest BCUT2D eigenvalue weighted by Crippen LogP contribution is 2.18. The molecule has 2 rings (SSSR count). The fourth-order valence-corrected chi connectivity index (χ4v) is 1.94. The fourth-order valence-electron chi connectivity index (χ4n) is 1.94. The normalized spacial score (nSPS) is 15.6. The molecule has 0 aliphatic carbocycles. The van der Waals surface area contributed by atoms with Gasteiger partial charge in [0.05, 0.1) is 0 Å². The molecule has 0 radical (unpaired) electrons. The van der Waals surface area contributed by atoms with Gasteiger partial charge in [0.1, 0.15) is 0 Å². The molecule has 0 saturated carbocycles. The van der Waals surface area contributed by atoms with Crippen LogP contribution < -0.4 is 11.5 Å². The molecule has 0 fully saturated rings. The fraction of sp³-hybridized carbons (Fsp3) is 0.308. The molecule has 17 heavy (non-hydrogen) atoms. The van der Waals surface area contributed by atoms with Crippen LogP contribution in [-0.2, 0) is 0 Å². The molecule has 4 N–H and O–H groups in total. The average molecular weight is 231 g/mol. The van der Waals surface area contributed by atoms with Gasteiger partial charge in [0.25, 0.3) is 5.91 Å². The Hall–Kier alpha value is -1.97. The molecule has 4 heteroatoms. The van der Waals surface area contributed by atoms with Crippen molar-refractivity contribution in [2.24, 2.45) is 0 Å². The molecule has 0 spiro atoms. The molecule has 1 amide bonds. The van der Waals surface area contributed by atoms with E-state index in [0.717, 1.165) is 13.0 Å². The van der Waals surface area contributed by atoms with Gasteiger partial charge in [-0.25, -0.2) is 0 Å². The molecular weight excluding hydrogens is 214 g/mol. The SMILES string of the molecule is CC1=CCN(C(=O)c2cc(N)cc(N)c2)CC1. The summed E-state index contributed by atoms with van der Waals surface area (Å²) in [6.07, 6.45) is 3.01. The molecule has 0 bridgehead atoms. The zero-order valence-electron chi connectivity index (χ0n) is 9.94. The van der Waals surface area contributed by atoms with Crippen LogP contribution in [-0.4, -0.2) is 23.9 Å². The van der Waals surface area contributed by atoms with Gasteiger partial charge in [-0.2, -0.15) is 0 Å². The molecule has 4 nitrogen and oxygen atoms in total. The van der Waals surface area contributed by atoms with Gasteiger partial charge in [0.2, 0.25) is 0 Å². The van der Waals surface area contributed by atoms with Crippen LogP contribution >= 0.6 is 0 Å². The predicted molar refractivity (Wildman–Crippen MR) is 69.5 cm³/mol. The lowest BCUT2D eigenvalue weighted by atomic mass is 10.1. The van der Waals surface area contributed by atoms with Gasteiger partial charge in [-0.15, -0.1) is 0 Å². The molecule has 0 unspecified atom stereocenters. The van der Waals surface area contributed by atoms with E-state index in [4.69, 9.17) is 11.5 Å². The lowest BCUT2D eigenvalue weighted by Crippen LogP contribution is -2.34. The van der Waals surface area contributed by atoms with E-state index in [1.54, 1.807) is 23.1 Å². The molecule has 0 saturated heterocycles. The number of nitrogens with two attached hydrogens (primary N) is 2. The smallest absolute Gasteiger partial charge is 0.254 e. The lowest BCUT2D eigenvalue weighted by molar-refractivity contribution is 0.0769. The Kier molecular flexibility index (Phi) is 3.04. The largest absolute Gasteiger partial charge is 0.399 e. The van der Waals surface area contributed by atoms with Gasteiger partial charge in [-0.1, -0.05) is 11.6 Å². The van der Waals surface area contributed by atoms with Crippen LogP contribution in [0.5, 0.6) is 0 Å². The van der Waals surface area contributed by atoms with Crippen molar-refractivity contribution in [3.8, 4) is 0 Å². The summed E-state index contributed by atoms with van der Waals surface area (Å²) < 4.78 is 0. The molecular formula is C13H17N3O. The third-order valence-corrected chi connectivity index (χ3v) is 2.95. The number of anilines is 2. The van der Waals surface area contributed by atoms with Gasteiger partial charge < -0.3 is 16.4 Å². The summed E-state index contributed by atoms with van der Waals surface area (Å²) in [5.74, 6) is -0.00671. The topological polar surface area (TPSA) is 72.3 Å². The maximum atomic E-state index is 12.2. The zero-order valence-corrected chi connectivity index (χ0v) is 9.94. The summed E-state index contributed by atoms with van der Waals surface area (Å²) in [7, 11) is 0. The van der Waals surface area contributed by atoms with Crippen molar-refractivity contribution in [2.45, 2.75) is 13.3 Å². The van der Waals surface area contributed by atoms with Crippen molar-refractivity contribution in [2.75, 3.05) is 24.6 Å². The Morgan fingerprint density at radius 2 is 1.88 bits per heavy atom. The predicted octanol–water partition coefficient (Wildman–Crippen LogP) is 1.64. The molecule has 90 valence electrons. The second kappa shape index (κ2) is 4.49. The molecule has 1 aliphatic rings. The first-order chi connectivity index (χ1) is 8.06. The second-order valence-corrected chi connectivity index (χ2v) is 4.44. The van der Waals surface area contributed by atoms with Crippen LogP contribution in [0.3, 0.4) is 0 Å². The Labute approximate surface area is 101 Å². The van der Waals surface area contributed by atoms with E-state index < -0.39 is 0 Å². The van der Waals surface area contributed by atoms with Crippen molar-refractivity contribution in [3.63, 3.8) is 0 Å². The van der Waals surface area contributed by atoms with Crippen LogP contribution in [0.15, 0.2) is 29.8 Å². The number of nitrogen functional groups attached to an aromatic ring is 2. The Balaban J connectivity index is 2.20. The van der Waals surface area contributed by atoms with Crippen LogP contribution in [0.1, 0.15) is 23.7 Å². The average Bonchev–Trinajstić information content (AvgIpc) is 2.28. The summed E-state index contributed by atoms with van der Waals surface area (Å²) in [4.78, 5) is 14.0. The monoisotopic (exact) mass is 231 g/mol. The number of carbonyl (C=O) groups is 1. The molecule has 1 aromatic carbocycles. The second-order valence-electron chi connectivity index (χ2n) is 4.44. The van der Waals surface area contributed by atoms with Crippen molar-refractivity contribution in [1.29, 1.82) is 0 Å². The first-order valence-electron chi connectivity index (χ1n) is 5.67. The number of nitrogens with zero attached hydrogens (tertiary/aromatic N) is 1. The Morgan fingerprint density at radius 1 is 1.24 bits per heavy atom. The summed E-state index contributed by atoms with van der Waals surface area (Å²) in [6.45, 7) is 3.51. The van der Waals surface area contributed by atoms with Gasteiger partial charge in [0.15, 0.2) is 0 Å². The van der Waals surface area contributed by atoms with E-state index in [-0.39, 0.29) is 5.91 Å². The van der Waals surface area contributed by atoms with Gasteiger partial charge in [-0.05, 0) is 31.5 Å². The van der Waals surface area contributed by atoms with Crippen molar-refractivity contribution in [3.05, 3.63) is 35.4 Å². The molecule has 1 aliphatic heterocycles. The third kappa shape index (κ3) is 2.58.